The van der Waals surface area contributed by atoms with Gasteiger partial charge in [-0.15, -0.1) is 0 Å². The smallest absolute Gasteiger partial charge is 0.255 e. The Bertz CT molecular complexity index is 711. The summed E-state index contributed by atoms with van der Waals surface area (Å²) < 4.78 is 10.6. The number of primary amides is 1. The molecule has 2 amide bonds. The van der Waals surface area contributed by atoms with Crippen LogP contribution in [-0.4, -0.2) is 43.5 Å². The first-order chi connectivity index (χ1) is 12.9. The first-order valence-corrected chi connectivity index (χ1v) is 9.90. The summed E-state index contributed by atoms with van der Waals surface area (Å²) in [7, 11) is 1.47. The number of piperidine rings is 1. The zero-order valence-corrected chi connectivity index (χ0v) is 16.5. The number of benzene rings is 1. The van der Waals surface area contributed by atoms with E-state index in [1.165, 1.54) is 45.6 Å². The van der Waals surface area contributed by atoms with E-state index >= 15 is 0 Å². The number of hydrogen-bond acceptors (Lipinski definition) is 4. The van der Waals surface area contributed by atoms with Gasteiger partial charge in [-0.1, -0.05) is 30.9 Å². The molecule has 0 bridgehead atoms. The van der Waals surface area contributed by atoms with Gasteiger partial charge in [0.25, 0.3) is 11.8 Å². The van der Waals surface area contributed by atoms with Crippen molar-refractivity contribution in [2.24, 2.45) is 11.1 Å². The van der Waals surface area contributed by atoms with Crippen molar-refractivity contribution in [2.75, 3.05) is 26.8 Å². The Morgan fingerprint density at radius 1 is 1.19 bits per heavy atom. The summed E-state index contributed by atoms with van der Waals surface area (Å²) in [6, 6.07) is 3.19. The SMILES string of the molecule is COc1cc(C(=O)N2CCCC3(CCCCC3)C2)cc(Cl)c1OCC(N)=O. The molecule has 1 aliphatic heterocycles. The fourth-order valence-electron chi connectivity index (χ4n) is 4.40. The molecule has 2 aliphatic rings. The van der Waals surface area contributed by atoms with Gasteiger partial charge in [0.2, 0.25) is 0 Å². The molecule has 148 valence electrons. The van der Waals surface area contributed by atoms with Crippen molar-refractivity contribution in [3.63, 3.8) is 0 Å². The number of nitrogens with two attached hydrogens (primary N) is 1. The van der Waals surface area contributed by atoms with Crippen LogP contribution < -0.4 is 15.2 Å². The van der Waals surface area contributed by atoms with Crippen molar-refractivity contribution in [3.8, 4) is 11.5 Å². The Balaban J connectivity index is 1.79. The predicted molar refractivity (Wildman–Crippen MR) is 103 cm³/mol. The average Bonchev–Trinajstić information content (AvgIpc) is 2.66. The maximum Gasteiger partial charge on any atom is 0.255 e. The molecule has 1 aromatic rings. The number of ether oxygens (including phenoxy) is 2. The van der Waals surface area contributed by atoms with Crippen LogP contribution in [0.5, 0.6) is 11.5 Å². The highest BCUT2D eigenvalue weighted by Gasteiger charge is 2.38. The van der Waals surface area contributed by atoms with Crippen LogP contribution >= 0.6 is 11.6 Å². The van der Waals surface area contributed by atoms with Gasteiger partial charge in [0.1, 0.15) is 0 Å². The number of nitrogens with zero attached hydrogens (tertiary/aromatic N) is 1. The summed E-state index contributed by atoms with van der Waals surface area (Å²) >= 11 is 6.29. The molecule has 7 heteroatoms. The van der Waals surface area contributed by atoms with Crippen LogP contribution in [0.15, 0.2) is 12.1 Å². The molecule has 0 radical (unpaired) electrons. The summed E-state index contributed by atoms with van der Waals surface area (Å²) in [5, 5.41) is 0.225. The number of hydrogen-bond donors (Lipinski definition) is 1. The highest BCUT2D eigenvalue weighted by molar-refractivity contribution is 6.32. The van der Waals surface area contributed by atoms with Crippen LogP contribution in [0.2, 0.25) is 5.02 Å². The molecular formula is C20H27ClN2O4. The normalized spacial score (nSPS) is 19.0. The van der Waals surface area contributed by atoms with Crippen LogP contribution in [-0.2, 0) is 4.79 Å². The topological polar surface area (TPSA) is 81.9 Å². The molecule has 0 aromatic heterocycles. The molecule has 6 nitrogen and oxygen atoms in total. The van der Waals surface area contributed by atoms with Crippen LogP contribution in [0, 0.1) is 5.41 Å². The molecule has 3 rings (SSSR count). The summed E-state index contributed by atoms with van der Waals surface area (Å²) in [4.78, 5) is 26.0. The lowest BCUT2D eigenvalue weighted by atomic mass is 9.69. The van der Waals surface area contributed by atoms with Gasteiger partial charge in [-0.2, -0.15) is 0 Å². The second kappa shape index (κ2) is 8.38. The summed E-state index contributed by atoms with van der Waals surface area (Å²) in [5.41, 5.74) is 5.87. The number of halogens is 1. The van der Waals surface area contributed by atoms with Crippen molar-refractivity contribution in [1.82, 2.24) is 4.90 Å². The maximum absolute atomic E-state index is 13.1. The highest BCUT2D eigenvalue weighted by atomic mass is 35.5. The van der Waals surface area contributed by atoms with E-state index < -0.39 is 5.91 Å². The Kier molecular flexibility index (Phi) is 6.15. The highest BCUT2D eigenvalue weighted by Crippen LogP contribution is 2.44. The second-order valence-electron chi connectivity index (χ2n) is 7.64. The Morgan fingerprint density at radius 2 is 1.89 bits per heavy atom. The first kappa shape index (κ1) is 19.8. The molecule has 2 N–H and O–H groups in total. The molecule has 1 aliphatic carbocycles. The van der Waals surface area contributed by atoms with Gasteiger partial charge in [0.15, 0.2) is 18.1 Å². The molecule has 1 saturated carbocycles. The van der Waals surface area contributed by atoms with Crippen molar-refractivity contribution in [3.05, 3.63) is 22.7 Å². The Labute approximate surface area is 164 Å². The number of methoxy groups -OCH3 is 1. The maximum atomic E-state index is 13.1. The lowest BCUT2D eigenvalue weighted by molar-refractivity contribution is -0.119. The van der Waals surface area contributed by atoms with Crippen molar-refractivity contribution >= 4 is 23.4 Å². The van der Waals surface area contributed by atoms with E-state index in [0.29, 0.717) is 11.3 Å². The van der Waals surface area contributed by atoms with E-state index in [1.54, 1.807) is 12.1 Å². The minimum atomic E-state index is -0.612. The zero-order chi connectivity index (χ0) is 19.4. The minimum Gasteiger partial charge on any atom is -0.493 e. The van der Waals surface area contributed by atoms with Crippen LogP contribution in [0.25, 0.3) is 0 Å². The van der Waals surface area contributed by atoms with E-state index in [-0.39, 0.29) is 28.7 Å². The predicted octanol–water partition coefficient (Wildman–Crippen LogP) is 3.40. The van der Waals surface area contributed by atoms with Gasteiger partial charge in [-0.3, -0.25) is 9.59 Å². The van der Waals surface area contributed by atoms with E-state index in [2.05, 4.69) is 0 Å². The lowest BCUT2D eigenvalue weighted by Gasteiger charge is -2.45. The molecular weight excluding hydrogens is 368 g/mol. The third-order valence-corrected chi connectivity index (χ3v) is 5.98. The summed E-state index contributed by atoms with van der Waals surface area (Å²) in [5.74, 6) is -0.117. The van der Waals surface area contributed by atoms with E-state index in [0.717, 1.165) is 19.5 Å². The van der Waals surface area contributed by atoms with Gasteiger partial charge in [0.05, 0.1) is 12.1 Å². The molecule has 27 heavy (non-hydrogen) atoms. The van der Waals surface area contributed by atoms with Gasteiger partial charge < -0.3 is 20.1 Å². The number of rotatable bonds is 5. The number of carbonyl (C=O) groups excluding carboxylic acids is 2. The van der Waals surface area contributed by atoms with Gasteiger partial charge in [-0.05, 0) is 43.2 Å². The summed E-state index contributed by atoms with van der Waals surface area (Å²) in [6.07, 6.45) is 8.48. The second-order valence-corrected chi connectivity index (χ2v) is 8.04. The lowest BCUT2D eigenvalue weighted by Crippen LogP contribution is -2.46. The molecule has 1 heterocycles. The van der Waals surface area contributed by atoms with E-state index in [1.807, 2.05) is 4.90 Å². The standard InChI is InChI=1S/C20H27ClN2O4/c1-26-16-11-14(10-15(21)18(16)27-12-17(22)24)19(25)23-9-5-8-20(13-23)6-3-2-4-7-20/h10-11H,2-9,12-13H2,1H3,(H2,22,24). The van der Waals surface area contributed by atoms with Gasteiger partial charge >= 0.3 is 0 Å². The zero-order valence-electron chi connectivity index (χ0n) is 15.8. The Morgan fingerprint density at radius 3 is 2.56 bits per heavy atom. The first-order valence-electron chi connectivity index (χ1n) is 9.52. The molecule has 1 aromatic carbocycles. The van der Waals surface area contributed by atoms with Crippen LogP contribution in [0.1, 0.15) is 55.3 Å². The van der Waals surface area contributed by atoms with Crippen molar-refractivity contribution in [2.45, 2.75) is 44.9 Å². The summed E-state index contributed by atoms with van der Waals surface area (Å²) in [6.45, 7) is 1.27. The third-order valence-electron chi connectivity index (χ3n) is 5.70. The monoisotopic (exact) mass is 394 g/mol. The number of likely N-dealkylation sites (tertiary alicyclic amines) is 1. The van der Waals surface area contributed by atoms with E-state index in [9.17, 15) is 9.59 Å². The number of carbonyl (C=O) groups is 2. The van der Waals surface area contributed by atoms with Gasteiger partial charge in [0, 0.05) is 18.7 Å². The van der Waals surface area contributed by atoms with E-state index in [4.69, 9.17) is 26.8 Å². The van der Waals surface area contributed by atoms with Gasteiger partial charge in [-0.25, -0.2) is 0 Å². The molecule has 2 fully saturated rings. The Hall–Kier alpha value is -1.95. The molecule has 0 atom stereocenters. The third kappa shape index (κ3) is 4.49. The van der Waals surface area contributed by atoms with Crippen LogP contribution in [0.4, 0.5) is 0 Å². The minimum absolute atomic E-state index is 0.0405. The van der Waals surface area contributed by atoms with Crippen molar-refractivity contribution in [1.29, 1.82) is 0 Å². The fraction of sp³-hybridized carbons (Fsp3) is 0.600. The largest absolute Gasteiger partial charge is 0.493 e. The molecule has 0 unspecified atom stereocenters. The van der Waals surface area contributed by atoms with Crippen molar-refractivity contribution < 1.29 is 19.1 Å². The number of amides is 2. The quantitative estimate of drug-likeness (QED) is 0.829. The fourth-order valence-corrected chi connectivity index (χ4v) is 4.67. The van der Waals surface area contributed by atoms with Crippen LogP contribution in [0.3, 0.4) is 0 Å². The molecule has 1 spiro atoms. The average molecular weight is 395 g/mol. The molecule has 1 saturated heterocycles.